The molecule has 0 saturated carbocycles. The van der Waals surface area contributed by atoms with Crippen molar-refractivity contribution in [3.63, 3.8) is 0 Å². The molecule has 24 heavy (non-hydrogen) atoms. The largest absolute Gasteiger partial charge is 0.497 e. The molecule has 0 amide bonds. The first-order valence-electron chi connectivity index (χ1n) is 8.52. The van der Waals surface area contributed by atoms with Crippen LogP contribution in [0.2, 0.25) is 0 Å². The Labute approximate surface area is 145 Å². The Morgan fingerprint density at radius 2 is 2.04 bits per heavy atom. The molecule has 0 radical (unpaired) electrons. The van der Waals surface area contributed by atoms with Gasteiger partial charge in [0.15, 0.2) is 0 Å². The zero-order chi connectivity index (χ0) is 17.6. The van der Waals surface area contributed by atoms with Crippen molar-refractivity contribution < 1.29 is 14.6 Å². The molecular formula is C21H28O3. The number of hydrogen-bond donors (Lipinski definition) is 1. The van der Waals surface area contributed by atoms with Gasteiger partial charge in [-0.15, -0.1) is 0 Å². The van der Waals surface area contributed by atoms with E-state index >= 15 is 0 Å². The van der Waals surface area contributed by atoms with Crippen molar-refractivity contribution in [3.05, 3.63) is 35.9 Å². The minimum atomic E-state index is -0.313. The molecule has 1 aromatic rings. The lowest BCUT2D eigenvalue weighted by atomic mass is 9.68. The van der Waals surface area contributed by atoms with E-state index in [0.29, 0.717) is 18.8 Å². The van der Waals surface area contributed by atoms with Crippen LogP contribution < -0.4 is 9.47 Å². The maximum atomic E-state index is 10.5. The smallest absolute Gasteiger partial charge is 0.134 e. The van der Waals surface area contributed by atoms with E-state index in [1.807, 2.05) is 18.2 Å². The molecule has 0 fully saturated rings. The molecule has 0 spiro atoms. The summed E-state index contributed by atoms with van der Waals surface area (Å²) in [6.45, 7) is 4.47. The van der Waals surface area contributed by atoms with Gasteiger partial charge in [-0.2, -0.15) is 0 Å². The number of aliphatic hydroxyl groups is 1. The van der Waals surface area contributed by atoms with E-state index in [4.69, 9.17) is 9.47 Å². The molecule has 2 rings (SSSR count). The highest BCUT2D eigenvalue weighted by Gasteiger charge is 2.34. The van der Waals surface area contributed by atoms with Gasteiger partial charge in [0.25, 0.3) is 0 Å². The van der Waals surface area contributed by atoms with E-state index in [9.17, 15) is 5.11 Å². The molecule has 3 heteroatoms. The normalized spacial score (nSPS) is 20.0. The van der Waals surface area contributed by atoms with Crippen molar-refractivity contribution in [2.75, 3.05) is 14.2 Å². The van der Waals surface area contributed by atoms with Crippen molar-refractivity contribution in [2.24, 2.45) is 11.3 Å². The minimum Gasteiger partial charge on any atom is -0.497 e. The van der Waals surface area contributed by atoms with Crippen LogP contribution >= 0.6 is 0 Å². The van der Waals surface area contributed by atoms with Gasteiger partial charge >= 0.3 is 0 Å². The Balaban J connectivity index is 1.97. The zero-order valence-electron chi connectivity index (χ0n) is 15.1. The summed E-state index contributed by atoms with van der Waals surface area (Å²) in [5.74, 6) is 8.10. The van der Waals surface area contributed by atoms with Crippen LogP contribution in [-0.2, 0) is 0 Å². The zero-order valence-corrected chi connectivity index (χ0v) is 15.1. The summed E-state index contributed by atoms with van der Waals surface area (Å²) >= 11 is 0. The van der Waals surface area contributed by atoms with E-state index < -0.39 is 0 Å². The molecule has 0 aliphatic heterocycles. The second kappa shape index (κ2) is 8.26. The van der Waals surface area contributed by atoms with Crippen LogP contribution in [0.15, 0.2) is 30.4 Å². The van der Waals surface area contributed by atoms with Gasteiger partial charge < -0.3 is 14.6 Å². The van der Waals surface area contributed by atoms with Gasteiger partial charge in [-0.05, 0) is 48.8 Å². The molecular weight excluding hydrogens is 300 g/mol. The molecule has 1 aliphatic carbocycles. The lowest BCUT2D eigenvalue weighted by Crippen LogP contribution is -2.35. The van der Waals surface area contributed by atoms with Crippen molar-refractivity contribution in [2.45, 2.75) is 45.6 Å². The van der Waals surface area contributed by atoms with Crippen LogP contribution in [0, 0.1) is 23.2 Å². The number of benzene rings is 1. The van der Waals surface area contributed by atoms with E-state index in [0.717, 1.165) is 29.9 Å². The number of ether oxygens (including phenoxy) is 2. The van der Waals surface area contributed by atoms with Gasteiger partial charge in [0.05, 0.1) is 25.9 Å². The summed E-state index contributed by atoms with van der Waals surface area (Å²) in [6, 6.07) is 5.58. The maximum Gasteiger partial charge on any atom is 0.134 e. The highest BCUT2D eigenvalue weighted by atomic mass is 16.5. The molecule has 2 atom stereocenters. The van der Waals surface area contributed by atoms with Crippen LogP contribution in [-0.4, -0.2) is 25.4 Å². The van der Waals surface area contributed by atoms with E-state index in [-0.39, 0.29) is 11.5 Å². The monoisotopic (exact) mass is 328 g/mol. The Kier molecular flexibility index (Phi) is 6.34. The third-order valence-electron chi connectivity index (χ3n) is 4.86. The lowest BCUT2D eigenvalue weighted by Gasteiger charge is -2.38. The molecule has 1 aromatic carbocycles. The van der Waals surface area contributed by atoms with Gasteiger partial charge in [0.1, 0.15) is 11.5 Å². The van der Waals surface area contributed by atoms with Crippen LogP contribution in [0.25, 0.3) is 0 Å². The molecule has 1 N–H and O–H groups in total. The first-order chi connectivity index (χ1) is 11.5. The molecule has 2 unspecified atom stereocenters. The molecule has 1 aliphatic rings. The highest BCUT2D eigenvalue weighted by molar-refractivity contribution is 5.50. The van der Waals surface area contributed by atoms with Crippen molar-refractivity contribution in [1.29, 1.82) is 0 Å². The molecule has 0 bridgehead atoms. The standard InChI is InChI=1S/C21H28O3/c1-21(2)14-8-7-10-18(21)19(22)11-6-5-9-16-15-17(23-3)12-13-20(16)24-4/h7-8,12-13,15,18-19,22H,6,10-11,14H2,1-4H3. The molecule has 0 heterocycles. The van der Waals surface area contributed by atoms with Crippen LogP contribution in [0.3, 0.4) is 0 Å². The number of rotatable bonds is 5. The topological polar surface area (TPSA) is 38.7 Å². The first-order valence-corrected chi connectivity index (χ1v) is 8.52. The first kappa shape index (κ1) is 18.4. The summed E-state index contributed by atoms with van der Waals surface area (Å²) in [4.78, 5) is 0. The van der Waals surface area contributed by atoms with Crippen LogP contribution in [0.4, 0.5) is 0 Å². The fourth-order valence-corrected chi connectivity index (χ4v) is 3.27. The summed E-state index contributed by atoms with van der Waals surface area (Å²) in [6.07, 6.45) is 7.43. The number of aliphatic hydroxyl groups excluding tert-OH is 1. The fourth-order valence-electron chi connectivity index (χ4n) is 3.27. The predicted molar refractivity (Wildman–Crippen MR) is 97.3 cm³/mol. The SMILES string of the molecule is COc1ccc(OC)c(C#CCCC(O)C2CC=CCC2(C)C)c1. The van der Waals surface area contributed by atoms with Gasteiger partial charge in [0.2, 0.25) is 0 Å². The average Bonchev–Trinajstić information content (AvgIpc) is 2.57. The number of methoxy groups -OCH3 is 2. The second-order valence-electron chi connectivity index (χ2n) is 6.98. The Morgan fingerprint density at radius 1 is 1.25 bits per heavy atom. The van der Waals surface area contributed by atoms with Crippen molar-refractivity contribution >= 4 is 0 Å². The maximum absolute atomic E-state index is 10.5. The minimum absolute atomic E-state index is 0.150. The highest BCUT2D eigenvalue weighted by Crippen LogP contribution is 2.40. The van der Waals surface area contributed by atoms with E-state index in [1.165, 1.54) is 0 Å². The second-order valence-corrected chi connectivity index (χ2v) is 6.98. The Morgan fingerprint density at radius 3 is 2.71 bits per heavy atom. The third kappa shape index (κ3) is 4.55. The predicted octanol–water partition coefficient (Wildman–Crippen LogP) is 4.19. The summed E-state index contributed by atoms with van der Waals surface area (Å²) in [7, 11) is 3.27. The lowest BCUT2D eigenvalue weighted by molar-refractivity contribution is 0.0280. The Bertz CT molecular complexity index is 634. The number of hydrogen-bond acceptors (Lipinski definition) is 3. The molecule has 130 valence electrons. The average molecular weight is 328 g/mol. The van der Waals surface area contributed by atoms with Crippen molar-refractivity contribution in [3.8, 4) is 23.3 Å². The van der Waals surface area contributed by atoms with Crippen LogP contribution in [0.1, 0.15) is 45.1 Å². The summed E-state index contributed by atoms with van der Waals surface area (Å²) in [5.41, 5.74) is 0.963. The van der Waals surface area contributed by atoms with Crippen molar-refractivity contribution in [1.82, 2.24) is 0 Å². The molecule has 3 nitrogen and oxygen atoms in total. The van der Waals surface area contributed by atoms with E-state index in [2.05, 4.69) is 37.8 Å². The summed E-state index contributed by atoms with van der Waals surface area (Å²) in [5, 5.41) is 10.5. The summed E-state index contributed by atoms with van der Waals surface area (Å²) < 4.78 is 10.6. The quantitative estimate of drug-likeness (QED) is 0.651. The fraction of sp³-hybridized carbons (Fsp3) is 0.524. The van der Waals surface area contributed by atoms with Gasteiger partial charge in [-0.25, -0.2) is 0 Å². The Hall–Kier alpha value is -1.92. The molecule has 0 aromatic heterocycles. The van der Waals surface area contributed by atoms with Gasteiger partial charge in [-0.3, -0.25) is 0 Å². The van der Waals surface area contributed by atoms with Gasteiger partial charge in [0, 0.05) is 6.42 Å². The van der Waals surface area contributed by atoms with Crippen LogP contribution in [0.5, 0.6) is 11.5 Å². The third-order valence-corrected chi connectivity index (χ3v) is 4.86. The molecule has 0 saturated heterocycles. The van der Waals surface area contributed by atoms with Gasteiger partial charge in [-0.1, -0.05) is 37.8 Å². The van der Waals surface area contributed by atoms with E-state index in [1.54, 1.807) is 14.2 Å². The number of allylic oxidation sites excluding steroid dienone is 2.